The number of ether oxygens (including phenoxy) is 1. The van der Waals surface area contributed by atoms with E-state index in [-0.39, 0.29) is 0 Å². The van der Waals surface area contributed by atoms with E-state index in [0.717, 1.165) is 11.3 Å². The quantitative estimate of drug-likeness (QED) is 0.518. The fourth-order valence-corrected chi connectivity index (χ4v) is 1.45. The molecule has 94 valence electrons. The summed E-state index contributed by atoms with van der Waals surface area (Å²) < 4.78 is 5.64. The van der Waals surface area contributed by atoms with E-state index in [0.29, 0.717) is 6.61 Å². The summed E-state index contributed by atoms with van der Waals surface area (Å²) in [6.45, 7) is 8.35. The zero-order valence-corrected chi connectivity index (χ0v) is 11.1. The van der Waals surface area contributed by atoms with Crippen LogP contribution in [0.2, 0.25) is 0 Å². The smallest absolute Gasteiger partial charge is 0.126 e. The summed E-state index contributed by atoms with van der Waals surface area (Å²) in [5.74, 6) is 0.890. The van der Waals surface area contributed by atoms with Gasteiger partial charge in [0.05, 0.1) is 6.61 Å². The van der Waals surface area contributed by atoms with Gasteiger partial charge in [0.25, 0.3) is 0 Å². The van der Waals surface area contributed by atoms with Crippen molar-refractivity contribution in [3.63, 3.8) is 0 Å². The lowest BCUT2D eigenvalue weighted by atomic mass is 10.1. The zero-order chi connectivity index (χ0) is 13.2. The molecule has 0 saturated heterocycles. The van der Waals surface area contributed by atoms with Crippen molar-refractivity contribution < 1.29 is 4.74 Å². The van der Waals surface area contributed by atoms with Gasteiger partial charge in [0, 0.05) is 5.56 Å². The molecule has 0 aliphatic heterocycles. The number of hydrogen-bond donors (Lipinski definition) is 0. The monoisotopic (exact) mass is 240 g/mol. The molecule has 1 aromatic rings. The van der Waals surface area contributed by atoms with Crippen LogP contribution >= 0.6 is 0 Å². The van der Waals surface area contributed by atoms with Gasteiger partial charge in [-0.2, -0.15) is 0 Å². The molecule has 0 unspecified atom stereocenters. The maximum absolute atomic E-state index is 5.64. The minimum absolute atomic E-state index is 0.663. The Morgan fingerprint density at radius 3 is 2.39 bits per heavy atom. The lowest BCUT2D eigenvalue weighted by molar-refractivity contribution is 0.298. The van der Waals surface area contributed by atoms with Crippen LogP contribution in [-0.4, -0.2) is 6.61 Å². The Balaban J connectivity index is 2.84. The van der Waals surface area contributed by atoms with Gasteiger partial charge in [-0.15, -0.1) is 0 Å². The molecule has 0 fully saturated rings. The molecule has 0 atom stereocenters. The van der Waals surface area contributed by atoms with Crippen LogP contribution in [0, 0.1) is 6.92 Å². The van der Waals surface area contributed by atoms with Gasteiger partial charge in [-0.3, -0.25) is 0 Å². The van der Waals surface area contributed by atoms with Crippen LogP contribution in [0.3, 0.4) is 0 Å². The standard InChI is InChI=1S/C17H20O/c1-4-6-7-8-9-10-17(18-5-2)16-13-11-15(3)12-14-16/h4,6-14H,1,5H2,2-3H3/b7-6+,9-8+,17-10-. The highest BCUT2D eigenvalue weighted by atomic mass is 16.5. The lowest BCUT2D eigenvalue weighted by Crippen LogP contribution is -1.91. The minimum atomic E-state index is 0.663. The van der Waals surface area contributed by atoms with Crippen molar-refractivity contribution in [1.29, 1.82) is 0 Å². The molecule has 1 rings (SSSR count). The number of benzene rings is 1. The molecule has 0 saturated carbocycles. The second-order valence-electron chi connectivity index (χ2n) is 3.84. The summed E-state index contributed by atoms with van der Waals surface area (Å²) in [5, 5.41) is 0. The molecule has 0 aliphatic carbocycles. The van der Waals surface area contributed by atoms with E-state index in [1.165, 1.54) is 5.56 Å². The Morgan fingerprint density at radius 1 is 1.11 bits per heavy atom. The maximum atomic E-state index is 5.64. The largest absolute Gasteiger partial charge is 0.493 e. The van der Waals surface area contributed by atoms with E-state index in [9.17, 15) is 0 Å². The molecular weight excluding hydrogens is 220 g/mol. The fourth-order valence-electron chi connectivity index (χ4n) is 1.45. The van der Waals surface area contributed by atoms with Crippen molar-refractivity contribution in [3.8, 4) is 0 Å². The summed E-state index contributed by atoms with van der Waals surface area (Å²) in [5.41, 5.74) is 2.35. The number of hydrogen-bond acceptors (Lipinski definition) is 1. The van der Waals surface area contributed by atoms with Gasteiger partial charge in [0.15, 0.2) is 0 Å². The Bertz CT molecular complexity index is 447. The van der Waals surface area contributed by atoms with Crippen molar-refractivity contribution in [3.05, 3.63) is 78.4 Å². The van der Waals surface area contributed by atoms with Gasteiger partial charge in [-0.1, -0.05) is 66.8 Å². The van der Waals surface area contributed by atoms with Gasteiger partial charge < -0.3 is 4.74 Å². The van der Waals surface area contributed by atoms with Crippen LogP contribution in [0.1, 0.15) is 18.1 Å². The lowest BCUT2D eigenvalue weighted by Gasteiger charge is -2.08. The molecule has 0 bridgehead atoms. The van der Waals surface area contributed by atoms with E-state index in [2.05, 4.69) is 37.8 Å². The number of allylic oxidation sites excluding steroid dienone is 6. The molecule has 0 amide bonds. The summed E-state index contributed by atoms with van der Waals surface area (Å²) in [6, 6.07) is 8.32. The number of aryl methyl sites for hydroxylation is 1. The van der Waals surface area contributed by atoms with E-state index < -0.39 is 0 Å². The van der Waals surface area contributed by atoms with E-state index >= 15 is 0 Å². The molecule has 18 heavy (non-hydrogen) atoms. The molecule has 0 aromatic heterocycles. The maximum Gasteiger partial charge on any atom is 0.126 e. The second-order valence-corrected chi connectivity index (χ2v) is 3.84. The Kier molecular flexibility index (Phi) is 6.34. The molecule has 0 aliphatic rings. The summed E-state index contributed by atoms with van der Waals surface area (Å²) in [7, 11) is 0. The molecule has 1 nitrogen and oxygen atoms in total. The molecule has 0 N–H and O–H groups in total. The van der Waals surface area contributed by atoms with Gasteiger partial charge in [0.2, 0.25) is 0 Å². The first-order valence-corrected chi connectivity index (χ1v) is 6.13. The average Bonchev–Trinajstić information content (AvgIpc) is 2.38. The molecule has 1 heteroatoms. The SMILES string of the molecule is C=C/C=C/C=C/C=C(\OCC)c1ccc(C)cc1. The van der Waals surface area contributed by atoms with Crippen LogP contribution in [-0.2, 0) is 4.74 Å². The van der Waals surface area contributed by atoms with Gasteiger partial charge in [-0.25, -0.2) is 0 Å². The summed E-state index contributed by atoms with van der Waals surface area (Å²) in [4.78, 5) is 0. The molecule has 0 heterocycles. The highest BCUT2D eigenvalue weighted by Crippen LogP contribution is 2.16. The second kappa shape index (κ2) is 8.13. The van der Waals surface area contributed by atoms with Crippen LogP contribution in [0.25, 0.3) is 5.76 Å². The summed E-state index contributed by atoms with van der Waals surface area (Å²) in [6.07, 6.45) is 11.5. The fraction of sp³-hybridized carbons (Fsp3) is 0.176. The first kappa shape index (κ1) is 14.0. The van der Waals surface area contributed by atoms with Gasteiger partial charge in [-0.05, 0) is 19.9 Å². The third-order valence-electron chi connectivity index (χ3n) is 2.35. The normalized spacial score (nSPS) is 12.2. The topological polar surface area (TPSA) is 9.23 Å². The Labute approximate surface area is 110 Å². The Morgan fingerprint density at radius 2 is 1.78 bits per heavy atom. The third-order valence-corrected chi connectivity index (χ3v) is 2.35. The molecule has 0 spiro atoms. The Hall–Kier alpha value is -2.02. The van der Waals surface area contributed by atoms with Crippen LogP contribution in [0.15, 0.2) is 67.3 Å². The predicted molar refractivity (Wildman–Crippen MR) is 79.3 cm³/mol. The van der Waals surface area contributed by atoms with Crippen molar-refractivity contribution >= 4 is 5.76 Å². The third kappa shape index (κ3) is 4.88. The molecular formula is C17H20O. The first-order valence-electron chi connectivity index (χ1n) is 6.13. The summed E-state index contributed by atoms with van der Waals surface area (Å²) >= 11 is 0. The van der Waals surface area contributed by atoms with E-state index in [4.69, 9.17) is 4.74 Å². The van der Waals surface area contributed by atoms with Crippen molar-refractivity contribution in [2.24, 2.45) is 0 Å². The highest BCUT2D eigenvalue weighted by Gasteiger charge is 1.99. The van der Waals surface area contributed by atoms with Crippen LogP contribution in [0.5, 0.6) is 0 Å². The van der Waals surface area contributed by atoms with Crippen molar-refractivity contribution in [2.75, 3.05) is 6.61 Å². The number of rotatable bonds is 6. The van der Waals surface area contributed by atoms with Crippen LogP contribution in [0.4, 0.5) is 0 Å². The van der Waals surface area contributed by atoms with E-state index in [1.54, 1.807) is 6.08 Å². The van der Waals surface area contributed by atoms with Crippen molar-refractivity contribution in [1.82, 2.24) is 0 Å². The van der Waals surface area contributed by atoms with Crippen LogP contribution < -0.4 is 0 Å². The highest BCUT2D eigenvalue weighted by molar-refractivity contribution is 5.61. The minimum Gasteiger partial charge on any atom is -0.493 e. The zero-order valence-electron chi connectivity index (χ0n) is 11.1. The first-order chi connectivity index (χ1) is 8.77. The van der Waals surface area contributed by atoms with Crippen molar-refractivity contribution in [2.45, 2.75) is 13.8 Å². The van der Waals surface area contributed by atoms with Gasteiger partial charge in [0.1, 0.15) is 5.76 Å². The molecule has 1 aromatic carbocycles. The predicted octanol–water partition coefficient (Wildman–Crippen LogP) is 4.67. The molecule has 0 radical (unpaired) electrons. The average molecular weight is 240 g/mol. The van der Waals surface area contributed by atoms with Gasteiger partial charge >= 0.3 is 0 Å². The van der Waals surface area contributed by atoms with E-state index in [1.807, 2.05) is 37.3 Å².